The molecular weight excluding hydrogens is 995 g/mol. The van der Waals surface area contributed by atoms with Gasteiger partial charge in [0.25, 0.3) is 5.91 Å². The van der Waals surface area contributed by atoms with E-state index >= 15 is 4.39 Å². The van der Waals surface area contributed by atoms with Crippen molar-refractivity contribution in [3.8, 4) is 39.9 Å². The van der Waals surface area contributed by atoms with Gasteiger partial charge in [0.2, 0.25) is 11.8 Å². The third-order valence-corrected chi connectivity index (χ3v) is 12.6. The van der Waals surface area contributed by atoms with Gasteiger partial charge in [0.05, 0.1) is 55.6 Å². The summed E-state index contributed by atoms with van der Waals surface area (Å²) in [6, 6.07) is 19.1. The molecule has 0 saturated carbocycles. The van der Waals surface area contributed by atoms with Gasteiger partial charge < -0.3 is 29.2 Å². The van der Waals surface area contributed by atoms with Gasteiger partial charge in [-0.05, 0) is 92.4 Å². The van der Waals surface area contributed by atoms with E-state index in [-0.39, 0.29) is 44.3 Å². The van der Waals surface area contributed by atoms with Crippen LogP contribution in [-0.4, -0.2) is 145 Å². The van der Waals surface area contributed by atoms with Crippen molar-refractivity contribution < 1.29 is 37.3 Å². The molecule has 1 atom stereocenters. The second kappa shape index (κ2) is 24.1. The number of hydrogen-bond acceptors (Lipinski definition) is 13. The first kappa shape index (κ1) is 53.0. The number of fused-ring (bicyclic) bond motifs is 1. The van der Waals surface area contributed by atoms with Gasteiger partial charge >= 0.3 is 0 Å². The second-order valence-corrected chi connectivity index (χ2v) is 18.2. The van der Waals surface area contributed by atoms with Crippen LogP contribution in [0.15, 0.2) is 96.1 Å². The topological polar surface area (TPSA) is 193 Å². The van der Waals surface area contributed by atoms with E-state index in [0.29, 0.717) is 103 Å². The molecule has 3 aromatic carbocycles. The monoisotopic (exact) mass is 1050 g/mol. The predicted molar refractivity (Wildman–Crippen MR) is 273 cm³/mol. The van der Waals surface area contributed by atoms with Gasteiger partial charge in [-0.15, -0.1) is 0 Å². The van der Waals surface area contributed by atoms with Crippen LogP contribution in [-0.2, 0) is 36.9 Å². The number of carbonyl (C=O) groups excluding carboxylic acids is 2. The lowest BCUT2D eigenvalue weighted by molar-refractivity contribution is -0.138. The number of H-pyrrole nitrogens is 1. The van der Waals surface area contributed by atoms with Gasteiger partial charge in [0, 0.05) is 80.9 Å². The van der Waals surface area contributed by atoms with E-state index in [1.54, 1.807) is 65.5 Å². The van der Waals surface area contributed by atoms with Crippen LogP contribution < -0.4 is 10.1 Å². The Bertz CT molecular complexity index is 3000. The molecule has 1 saturated heterocycles. The number of benzene rings is 3. The molecule has 2 aliphatic heterocycles. The molecule has 0 unspecified atom stereocenters. The predicted octanol–water partition coefficient (Wildman–Crippen LogP) is 7.93. The summed E-state index contributed by atoms with van der Waals surface area (Å²) in [6.07, 6.45) is 7.86. The summed E-state index contributed by atoms with van der Waals surface area (Å²) in [5.41, 5.74) is 4.28. The van der Waals surface area contributed by atoms with E-state index in [4.69, 9.17) is 18.9 Å². The first-order valence-electron chi connectivity index (χ1n) is 23.0. The first-order valence-corrected chi connectivity index (χ1v) is 23.8. The largest absolute Gasteiger partial charge is 0.475 e. The molecule has 6 heterocycles. The quantitative estimate of drug-likeness (QED) is 0.0895. The minimum atomic E-state index is -1.12. The van der Waals surface area contributed by atoms with Crippen molar-refractivity contribution in [2.75, 3.05) is 72.6 Å². The molecule has 0 aliphatic carbocycles. The van der Waals surface area contributed by atoms with Crippen LogP contribution >= 0.6 is 15.9 Å². The fourth-order valence-corrected chi connectivity index (χ4v) is 8.60. The Labute approximate surface area is 424 Å². The minimum absolute atomic E-state index is 0. The number of rotatable bonds is 17. The van der Waals surface area contributed by atoms with Crippen molar-refractivity contribution in [1.82, 2.24) is 54.5 Å². The zero-order valence-corrected chi connectivity index (χ0v) is 41.7. The lowest BCUT2D eigenvalue weighted by Gasteiger charge is -2.30. The number of aromatic nitrogens is 9. The van der Waals surface area contributed by atoms with Crippen LogP contribution in [0.25, 0.3) is 50.5 Å². The summed E-state index contributed by atoms with van der Waals surface area (Å²) in [6.45, 7) is 7.94. The number of anilines is 1. The standard InChI is InChI=1S/C39H44FN9O5.C11H11BrFN3O.CH4/c1-25(2)54-34-10-6-28(21-41-34)36-31-20-29(7-9-33(31)44-45-36)43-38(51)39(53-4)13-16-47(23-39)22-35(50)48-14-11-26(12-15-48)27-5-8-30(32(40)19-27)37-42-24-49(46-37)17-18-52-3;1-17-5-4-16-7-14-11(15-16)9-3-2-8(12)6-10(9)13;/h5-11,19-21,24-25H,12-18,22-23H2,1-4H3,(H,43,51)(H,44,45);2-3,6-7H,4-5H2,1H3;1H4/t39-;;/m0../s1. The average molecular weight is 1050 g/mol. The third kappa shape index (κ3) is 12.6. The maximum atomic E-state index is 15.2. The molecule has 18 nitrogen and oxygen atoms in total. The number of ether oxygens (including phenoxy) is 4. The molecule has 0 radical (unpaired) electrons. The number of likely N-dealkylation sites (tertiary alicyclic amines) is 1. The number of nitrogens with one attached hydrogen (secondary N) is 2. The Morgan fingerprint density at radius 1 is 0.847 bits per heavy atom. The molecule has 0 bridgehead atoms. The second-order valence-electron chi connectivity index (χ2n) is 17.3. The smallest absolute Gasteiger partial charge is 0.258 e. The number of pyridine rings is 1. The van der Waals surface area contributed by atoms with Gasteiger partial charge in [-0.3, -0.25) is 29.0 Å². The summed E-state index contributed by atoms with van der Waals surface area (Å²) in [4.78, 5) is 43.6. The Kier molecular flexibility index (Phi) is 17.7. The number of aromatic amines is 1. The van der Waals surface area contributed by atoms with Crippen molar-refractivity contribution in [1.29, 1.82) is 0 Å². The van der Waals surface area contributed by atoms with Crippen molar-refractivity contribution in [3.63, 3.8) is 0 Å². The van der Waals surface area contributed by atoms with Gasteiger partial charge in [-0.2, -0.15) is 15.3 Å². The average Bonchev–Trinajstić information content (AvgIpc) is 4.21. The van der Waals surface area contributed by atoms with Crippen LogP contribution in [0.4, 0.5) is 14.5 Å². The Balaban J connectivity index is 0.000000357. The molecule has 0 spiro atoms. The number of nitrogens with zero attached hydrogens (tertiary/aromatic N) is 10. The van der Waals surface area contributed by atoms with Gasteiger partial charge in [-0.25, -0.2) is 23.7 Å². The van der Waals surface area contributed by atoms with Crippen LogP contribution in [0.5, 0.6) is 5.88 Å². The summed E-state index contributed by atoms with van der Waals surface area (Å²) < 4.78 is 54.3. The van der Waals surface area contributed by atoms with Crippen LogP contribution in [0.1, 0.15) is 39.7 Å². The molecule has 1 fully saturated rings. The SMILES string of the molecule is C.COCCn1cnc(-c2ccc(Br)cc2F)n1.COCCn1cnc(-c2ccc(C3=CCN(C(=O)CN4CC[C@@](OC)(C(=O)Nc5ccc6[nH]nc(-c7ccc(OC(C)C)nc7)c6c5)C4)CC3)cc2F)n1. The zero-order chi connectivity index (χ0) is 50.1. The van der Waals surface area contributed by atoms with Gasteiger partial charge in [-0.1, -0.05) is 35.5 Å². The molecule has 9 rings (SSSR count). The van der Waals surface area contributed by atoms with Crippen molar-refractivity contribution in [2.24, 2.45) is 0 Å². The Hall–Kier alpha value is -6.78. The highest BCUT2D eigenvalue weighted by molar-refractivity contribution is 9.10. The molecule has 4 aromatic heterocycles. The summed E-state index contributed by atoms with van der Waals surface area (Å²) in [5, 5.41) is 19.9. The molecular formula is C51H59BrF2N12O6. The van der Waals surface area contributed by atoms with Gasteiger partial charge in [0.15, 0.2) is 17.2 Å². The van der Waals surface area contributed by atoms with Crippen molar-refractivity contribution in [3.05, 3.63) is 113 Å². The number of methoxy groups -OCH3 is 3. The molecule has 7 aromatic rings. The van der Waals surface area contributed by atoms with Crippen LogP contribution in [0, 0.1) is 11.6 Å². The lowest BCUT2D eigenvalue weighted by Crippen LogP contribution is -2.48. The number of carbonyl (C=O) groups is 2. The maximum absolute atomic E-state index is 15.2. The lowest BCUT2D eigenvalue weighted by atomic mass is 9.98. The highest BCUT2D eigenvalue weighted by atomic mass is 79.9. The Morgan fingerprint density at radius 3 is 2.12 bits per heavy atom. The number of hydrogen-bond donors (Lipinski definition) is 2. The minimum Gasteiger partial charge on any atom is -0.475 e. The van der Waals surface area contributed by atoms with Crippen molar-refractivity contribution >= 4 is 49.9 Å². The highest BCUT2D eigenvalue weighted by Crippen LogP contribution is 2.32. The highest BCUT2D eigenvalue weighted by Gasteiger charge is 2.45. The third-order valence-electron chi connectivity index (χ3n) is 12.1. The maximum Gasteiger partial charge on any atom is 0.258 e. The van der Waals surface area contributed by atoms with Crippen LogP contribution in [0.3, 0.4) is 0 Å². The fourth-order valence-electron chi connectivity index (χ4n) is 8.26. The van der Waals surface area contributed by atoms with Crippen molar-refractivity contribution in [2.45, 2.75) is 58.9 Å². The summed E-state index contributed by atoms with van der Waals surface area (Å²) in [7, 11) is 4.75. The molecule has 72 heavy (non-hydrogen) atoms. The van der Waals surface area contributed by atoms with E-state index in [1.807, 2.05) is 61.2 Å². The molecule has 2 N–H and O–H groups in total. The van der Waals surface area contributed by atoms with Crippen LogP contribution in [0.2, 0.25) is 0 Å². The van der Waals surface area contributed by atoms with E-state index in [0.717, 1.165) is 27.6 Å². The van der Waals surface area contributed by atoms with E-state index in [9.17, 15) is 14.0 Å². The molecule has 2 aliphatic rings. The number of amides is 2. The molecule has 380 valence electrons. The normalized spacial score (nSPS) is 15.8. The Morgan fingerprint density at radius 2 is 1.53 bits per heavy atom. The van der Waals surface area contributed by atoms with E-state index in [1.165, 1.54) is 19.2 Å². The number of halogens is 3. The first-order chi connectivity index (χ1) is 34.3. The summed E-state index contributed by atoms with van der Waals surface area (Å²) in [5.74, 6) is 0.175. The molecule has 2 amide bonds. The summed E-state index contributed by atoms with van der Waals surface area (Å²) >= 11 is 3.21. The van der Waals surface area contributed by atoms with E-state index in [2.05, 4.69) is 56.6 Å². The van der Waals surface area contributed by atoms with Gasteiger partial charge in [0.1, 0.15) is 30.0 Å². The fraction of sp³-hybridized carbons (Fsp3) is 0.373. The zero-order valence-electron chi connectivity index (χ0n) is 40.1. The van der Waals surface area contributed by atoms with E-state index < -0.39 is 11.4 Å². The molecule has 21 heteroatoms.